The highest BCUT2D eigenvalue weighted by atomic mass is 19.1. The molecule has 148 valence electrons. The maximum atomic E-state index is 13.4. The Balaban J connectivity index is 1.74. The lowest BCUT2D eigenvalue weighted by atomic mass is 9.85. The maximum absolute atomic E-state index is 13.4. The molecule has 0 aliphatic carbocycles. The van der Waals surface area contributed by atoms with E-state index in [1.165, 1.54) is 17.0 Å². The van der Waals surface area contributed by atoms with Gasteiger partial charge in [0, 0.05) is 0 Å². The Labute approximate surface area is 164 Å². The molecule has 1 heterocycles. The van der Waals surface area contributed by atoms with E-state index in [0.29, 0.717) is 17.7 Å². The van der Waals surface area contributed by atoms with Crippen LogP contribution in [0.3, 0.4) is 0 Å². The smallest absolute Gasteiger partial charge is 0.325 e. The molecule has 1 fully saturated rings. The minimum absolute atomic E-state index is 0.146. The molecule has 3 amide bonds. The molecular formula is C22H25FN2O3. The van der Waals surface area contributed by atoms with E-state index in [1.54, 1.807) is 12.1 Å². The van der Waals surface area contributed by atoms with E-state index < -0.39 is 11.6 Å². The average molecular weight is 384 g/mol. The molecule has 3 rings (SSSR count). The van der Waals surface area contributed by atoms with Gasteiger partial charge in [-0.15, -0.1) is 0 Å². The van der Waals surface area contributed by atoms with Crippen molar-refractivity contribution in [2.75, 3.05) is 13.2 Å². The minimum Gasteiger partial charge on any atom is -0.492 e. The molecule has 1 atom stereocenters. The Hall–Kier alpha value is -2.89. The van der Waals surface area contributed by atoms with Gasteiger partial charge in [0.1, 0.15) is 23.7 Å². The monoisotopic (exact) mass is 384 g/mol. The number of nitrogens with one attached hydrogen (secondary N) is 1. The van der Waals surface area contributed by atoms with Crippen LogP contribution >= 0.6 is 0 Å². The zero-order valence-corrected chi connectivity index (χ0v) is 16.2. The largest absolute Gasteiger partial charge is 0.492 e. The fourth-order valence-electron chi connectivity index (χ4n) is 3.40. The maximum Gasteiger partial charge on any atom is 0.325 e. The van der Waals surface area contributed by atoms with Crippen molar-refractivity contribution in [3.8, 4) is 5.75 Å². The van der Waals surface area contributed by atoms with Crippen molar-refractivity contribution in [3.05, 3.63) is 65.5 Å². The topological polar surface area (TPSA) is 58.6 Å². The number of imide groups is 1. The Bertz CT molecular complexity index is 836. The first-order chi connectivity index (χ1) is 13.5. The van der Waals surface area contributed by atoms with E-state index >= 15 is 0 Å². The van der Waals surface area contributed by atoms with Crippen molar-refractivity contribution in [3.63, 3.8) is 0 Å². The predicted molar refractivity (Wildman–Crippen MR) is 105 cm³/mol. The number of unbranched alkanes of at least 4 members (excludes halogenated alkanes) is 1. The van der Waals surface area contributed by atoms with Gasteiger partial charge in [0.25, 0.3) is 5.91 Å². The van der Waals surface area contributed by atoms with Crippen LogP contribution in [-0.2, 0) is 10.3 Å². The van der Waals surface area contributed by atoms with E-state index in [0.717, 1.165) is 18.4 Å². The summed E-state index contributed by atoms with van der Waals surface area (Å²) >= 11 is 0. The highest BCUT2D eigenvalue weighted by Crippen LogP contribution is 2.34. The van der Waals surface area contributed by atoms with Gasteiger partial charge in [-0.05, 0) is 43.2 Å². The minimum atomic E-state index is -1.15. The van der Waals surface area contributed by atoms with Gasteiger partial charge < -0.3 is 10.1 Å². The zero-order chi connectivity index (χ0) is 20.1. The summed E-state index contributed by atoms with van der Waals surface area (Å²) in [6.45, 7) is 4.36. The molecule has 1 aliphatic rings. The number of hydrogen-bond acceptors (Lipinski definition) is 3. The van der Waals surface area contributed by atoms with Gasteiger partial charge in [-0.2, -0.15) is 0 Å². The number of carbonyl (C=O) groups is 2. The lowest BCUT2D eigenvalue weighted by Gasteiger charge is -2.27. The first-order valence-corrected chi connectivity index (χ1v) is 9.56. The molecule has 28 heavy (non-hydrogen) atoms. The molecule has 0 radical (unpaired) electrons. The van der Waals surface area contributed by atoms with Crippen molar-refractivity contribution in [2.45, 2.75) is 38.6 Å². The molecule has 0 unspecified atom stereocenters. The van der Waals surface area contributed by atoms with Gasteiger partial charge >= 0.3 is 6.03 Å². The van der Waals surface area contributed by atoms with E-state index in [9.17, 15) is 14.0 Å². The molecule has 1 N–H and O–H groups in total. The molecule has 2 aromatic rings. The highest BCUT2D eigenvalue weighted by molar-refractivity contribution is 6.07. The number of nitrogens with zero attached hydrogens (tertiary/aromatic N) is 1. The van der Waals surface area contributed by atoms with Crippen LogP contribution in [0.4, 0.5) is 9.18 Å². The number of aryl methyl sites for hydroxylation is 1. The third kappa shape index (κ3) is 4.01. The van der Waals surface area contributed by atoms with E-state index in [4.69, 9.17) is 4.74 Å². The van der Waals surface area contributed by atoms with Crippen LogP contribution < -0.4 is 10.1 Å². The summed E-state index contributed by atoms with van der Waals surface area (Å²) in [4.78, 5) is 27.0. The molecule has 6 heteroatoms. The third-order valence-electron chi connectivity index (χ3n) is 5.02. The first kappa shape index (κ1) is 19.9. The number of carbonyl (C=O) groups excluding carboxylic acids is 2. The molecule has 0 saturated carbocycles. The average Bonchev–Trinajstić information content (AvgIpc) is 2.93. The van der Waals surface area contributed by atoms with Crippen LogP contribution in [0.2, 0.25) is 0 Å². The Morgan fingerprint density at radius 1 is 1.07 bits per heavy atom. The summed E-state index contributed by atoms with van der Waals surface area (Å²) in [5, 5.41) is 2.85. The number of hydrogen-bond donors (Lipinski definition) is 1. The summed E-state index contributed by atoms with van der Waals surface area (Å²) in [5.74, 6) is -0.00647. The Morgan fingerprint density at radius 3 is 2.39 bits per heavy atom. The second-order valence-corrected chi connectivity index (χ2v) is 7.06. The van der Waals surface area contributed by atoms with Gasteiger partial charge in [-0.3, -0.25) is 9.69 Å². The van der Waals surface area contributed by atoms with Crippen LogP contribution in [0.5, 0.6) is 5.75 Å². The summed E-state index contributed by atoms with van der Waals surface area (Å²) < 4.78 is 19.0. The summed E-state index contributed by atoms with van der Waals surface area (Å²) in [7, 11) is 0. The van der Waals surface area contributed by atoms with E-state index in [1.807, 2.05) is 38.1 Å². The van der Waals surface area contributed by atoms with Crippen LogP contribution in [0.25, 0.3) is 0 Å². The summed E-state index contributed by atoms with van der Waals surface area (Å²) in [6, 6.07) is 12.9. The molecule has 0 bridgehead atoms. The van der Waals surface area contributed by atoms with Crippen molar-refractivity contribution < 1.29 is 18.7 Å². The SMILES string of the molecule is CCCC[C@@]1(c2ccc(F)cc2)NC(=O)N(CCOc2ccc(C)cc2)C1=O. The lowest BCUT2D eigenvalue weighted by molar-refractivity contribution is -0.132. The predicted octanol–water partition coefficient (Wildman–Crippen LogP) is 4.15. The number of ether oxygens (including phenoxy) is 1. The van der Waals surface area contributed by atoms with Gasteiger partial charge in [-0.1, -0.05) is 49.6 Å². The molecule has 2 aromatic carbocycles. The number of amides is 3. The fraction of sp³-hybridized carbons (Fsp3) is 0.364. The molecule has 1 aliphatic heterocycles. The Morgan fingerprint density at radius 2 is 1.75 bits per heavy atom. The van der Waals surface area contributed by atoms with Crippen molar-refractivity contribution in [1.29, 1.82) is 0 Å². The van der Waals surface area contributed by atoms with Crippen molar-refractivity contribution in [1.82, 2.24) is 10.2 Å². The van der Waals surface area contributed by atoms with E-state index in [2.05, 4.69) is 5.32 Å². The van der Waals surface area contributed by atoms with Gasteiger partial charge in [0.05, 0.1) is 6.54 Å². The standard InChI is InChI=1S/C22H25FN2O3/c1-3-4-13-22(17-7-9-18(23)10-8-17)20(26)25(21(27)24-22)14-15-28-19-11-5-16(2)6-12-19/h5-12H,3-4,13-15H2,1-2H3,(H,24,27)/t22-/m0/s1. The van der Waals surface area contributed by atoms with Gasteiger partial charge in [0.15, 0.2) is 0 Å². The summed E-state index contributed by atoms with van der Waals surface area (Å²) in [5.41, 5.74) is 0.578. The molecule has 5 nitrogen and oxygen atoms in total. The number of benzene rings is 2. The molecule has 0 spiro atoms. The van der Waals surface area contributed by atoms with Gasteiger partial charge in [0.2, 0.25) is 0 Å². The first-order valence-electron chi connectivity index (χ1n) is 9.56. The van der Waals surface area contributed by atoms with Gasteiger partial charge in [-0.25, -0.2) is 9.18 Å². The van der Waals surface area contributed by atoms with Crippen LogP contribution in [0.15, 0.2) is 48.5 Å². The quantitative estimate of drug-likeness (QED) is 0.696. The van der Waals surface area contributed by atoms with Crippen LogP contribution in [0, 0.1) is 12.7 Å². The number of rotatable bonds is 8. The van der Waals surface area contributed by atoms with E-state index in [-0.39, 0.29) is 24.9 Å². The Kier molecular flexibility index (Phi) is 5.97. The molecular weight excluding hydrogens is 359 g/mol. The molecule has 0 aromatic heterocycles. The summed E-state index contributed by atoms with van der Waals surface area (Å²) in [6.07, 6.45) is 2.11. The molecule has 1 saturated heterocycles. The van der Waals surface area contributed by atoms with Crippen LogP contribution in [-0.4, -0.2) is 30.0 Å². The third-order valence-corrected chi connectivity index (χ3v) is 5.02. The zero-order valence-electron chi connectivity index (χ0n) is 16.2. The normalized spacial score (nSPS) is 19.0. The fourth-order valence-corrected chi connectivity index (χ4v) is 3.40. The van der Waals surface area contributed by atoms with Crippen molar-refractivity contribution in [2.24, 2.45) is 0 Å². The second kappa shape index (κ2) is 8.42. The number of urea groups is 1. The number of halogens is 1. The van der Waals surface area contributed by atoms with Crippen molar-refractivity contribution >= 4 is 11.9 Å². The highest BCUT2D eigenvalue weighted by Gasteiger charge is 2.51. The van der Waals surface area contributed by atoms with Crippen LogP contribution in [0.1, 0.15) is 37.3 Å². The second-order valence-electron chi connectivity index (χ2n) is 7.06. The lowest BCUT2D eigenvalue weighted by Crippen LogP contribution is -2.44.